The van der Waals surface area contributed by atoms with Crippen LogP contribution >= 0.6 is 34.6 Å². The van der Waals surface area contributed by atoms with Gasteiger partial charge >= 0.3 is 0 Å². The molecule has 0 saturated heterocycles. The summed E-state index contributed by atoms with van der Waals surface area (Å²) in [5, 5.41) is 8.24. The van der Waals surface area contributed by atoms with Crippen molar-refractivity contribution in [2.45, 2.75) is 10.1 Å². The van der Waals surface area contributed by atoms with Crippen LogP contribution in [0.3, 0.4) is 0 Å². The van der Waals surface area contributed by atoms with E-state index in [1.165, 1.54) is 0 Å². The number of benzene rings is 2. The number of carbonyl (C=O) groups excluding carboxylic acids is 1. The molecule has 0 aliphatic carbocycles. The van der Waals surface area contributed by atoms with Crippen LogP contribution in [0, 0.1) is 0 Å². The zero-order valence-corrected chi connectivity index (χ0v) is 16.7. The highest BCUT2D eigenvalue weighted by Crippen LogP contribution is 2.34. The van der Waals surface area contributed by atoms with Gasteiger partial charge in [-0.05, 0) is 35.8 Å². The van der Waals surface area contributed by atoms with Gasteiger partial charge < -0.3 is 10.1 Å². The Kier molecular flexibility index (Phi) is 5.33. The van der Waals surface area contributed by atoms with E-state index in [-0.39, 0.29) is 5.91 Å². The Morgan fingerprint density at radius 3 is 2.96 bits per heavy atom. The quantitative estimate of drug-likeness (QED) is 0.461. The number of ether oxygens (including phenoxy) is 1. The lowest BCUT2D eigenvalue weighted by molar-refractivity contribution is 0.102. The number of nitrogens with zero attached hydrogens (tertiary/aromatic N) is 3. The summed E-state index contributed by atoms with van der Waals surface area (Å²) in [4.78, 5) is 16.8. The standard InChI is InChI=1S/C18H14N4O2S3/c1-24-15-5-3-2-4-11(15)9-25-18-20-13-7-6-12(8-16(13)27-18)19-17(23)14-10-26-22-21-14/h2-8,10H,9H2,1H3,(H,19,23). The van der Waals surface area contributed by atoms with E-state index in [0.717, 1.165) is 43.2 Å². The fraction of sp³-hybridized carbons (Fsp3) is 0.111. The number of fused-ring (bicyclic) bond motifs is 1. The number of carbonyl (C=O) groups is 1. The molecule has 0 fully saturated rings. The van der Waals surface area contributed by atoms with Crippen LogP contribution in [0.4, 0.5) is 5.69 Å². The maximum absolute atomic E-state index is 12.1. The van der Waals surface area contributed by atoms with E-state index in [9.17, 15) is 4.79 Å². The SMILES string of the molecule is COc1ccccc1CSc1nc2ccc(NC(=O)c3csnn3)cc2s1. The highest BCUT2D eigenvalue weighted by molar-refractivity contribution is 8.00. The molecule has 0 atom stereocenters. The molecule has 0 bridgehead atoms. The molecule has 4 aromatic rings. The number of methoxy groups -OCH3 is 1. The van der Waals surface area contributed by atoms with E-state index in [0.29, 0.717) is 11.4 Å². The first-order valence-corrected chi connectivity index (χ1v) is 10.6. The average molecular weight is 415 g/mol. The van der Waals surface area contributed by atoms with Gasteiger partial charge in [0.2, 0.25) is 0 Å². The minimum atomic E-state index is -0.265. The molecule has 0 unspecified atom stereocenters. The molecule has 6 nitrogen and oxygen atoms in total. The summed E-state index contributed by atoms with van der Waals surface area (Å²) in [6.07, 6.45) is 0. The number of thiazole rings is 1. The van der Waals surface area contributed by atoms with Crippen LogP contribution in [0.1, 0.15) is 16.1 Å². The number of rotatable bonds is 6. The molecule has 2 aromatic carbocycles. The van der Waals surface area contributed by atoms with Gasteiger partial charge in [-0.2, -0.15) is 0 Å². The summed E-state index contributed by atoms with van der Waals surface area (Å²) in [7, 11) is 1.68. The summed E-state index contributed by atoms with van der Waals surface area (Å²) in [5.41, 5.74) is 3.08. The number of nitrogens with one attached hydrogen (secondary N) is 1. The summed E-state index contributed by atoms with van der Waals surface area (Å²) in [5.74, 6) is 1.40. The number of anilines is 1. The molecule has 136 valence electrons. The predicted octanol–water partition coefficient (Wildman–Crippen LogP) is 4.70. The van der Waals surface area contributed by atoms with Crippen molar-refractivity contribution in [2.24, 2.45) is 0 Å². The fourth-order valence-electron chi connectivity index (χ4n) is 2.46. The topological polar surface area (TPSA) is 77.0 Å². The van der Waals surface area contributed by atoms with Crippen LogP contribution in [-0.4, -0.2) is 27.6 Å². The second kappa shape index (κ2) is 8.03. The maximum Gasteiger partial charge on any atom is 0.277 e. The van der Waals surface area contributed by atoms with Gasteiger partial charge in [-0.3, -0.25) is 4.79 Å². The van der Waals surface area contributed by atoms with E-state index in [1.807, 2.05) is 36.4 Å². The predicted molar refractivity (Wildman–Crippen MR) is 110 cm³/mol. The number of thioether (sulfide) groups is 1. The van der Waals surface area contributed by atoms with Crippen molar-refractivity contribution >= 4 is 56.4 Å². The van der Waals surface area contributed by atoms with Crippen LogP contribution in [0.25, 0.3) is 10.2 Å². The number of para-hydroxylation sites is 1. The second-order valence-corrected chi connectivity index (χ2v) is 8.37. The Bertz CT molecular complexity index is 1080. The van der Waals surface area contributed by atoms with E-state index in [1.54, 1.807) is 35.6 Å². The van der Waals surface area contributed by atoms with Gasteiger partial charge in [0.15, 0.2) is 10.0 Å². The van der Waals surface area contributed by atoms with E-state index >= 15 is 0 Å². The molecule has 4 rings (SSSR count). The Labute approximate surface area is 167 Å². The average Bonchev–Trinajstić information content (AvgIpc) is 3.36. The minimum Gasteiger partial charge on any atom is -0.496 e. The third-order valence-electron chi connectivity index (χ3n) is 3.76. The maximum atomic E-state index is 12.1. The molecule has 0 radical (unpaired) electrons. The first-order chi connectivity index (χ1) is 13.2. The normalized spacial score (nSPS) is 10.9. The molecule has 1 N–H and O–H groups in total. The summed E-state index contributed by atoms with van der Waals surface area (Å²) < 4.78 is 11.1. The first kappa shape index (κ1) is 17.9. The van der Waals surface area contributed by atoms with E-state index in [4.69, 9.17) is 4.74 Å². The second-order valence-electron chi connectivity index (χ2n) is 5.51. The third-order valence-corrected chi connectivity index (χ3v) is 6.48. The smallest absolute Gasteiger partial charge is 0.277 e. The Balaban J connectivity index is 1.48. The van der Waals surface area contributed by atoms with Crippen LogP contribution in [0.5, 0.6) is 5.75 Å². The molecular formula is C18H14N4O2S3. The zero-order valence-electron chi connectivity index (χ0n) is 14.2. The largest absolute Gasteiger partial charge is 0.496 e. The Morgan fingerprint density at radius 2 is 2.15 bits per heavy atom. The van der Waals surface area contributed by atoms with Crippen LogP contribution < -0.4 is 10.1 Å². The highest BCUT2D eigenvalue weighted by Gasteiger charge is 2.11. The molecule has 9 heteroatoms. The van der Waals surface area contributed by atoms with Crippen LogP contribution in [0.2, 0.25) is 0 Å². The van der Waals surface area contributed by atoms with E-state index in [2.05, 4.69) is 26.0 Å². The zero-order chi connectivity index (χ0) is 18.6. The van der Waals surface area contributed by atoms with Crippen molar-refractivity contribution in [2.75, 3.05) is 12.4 Å². The molecule has 27 heavy (non-hydrogen) atoms. The molecular weight excluding hydrogens is 400 g/mol. The fourth-order valence-corrected chi connectivity index (χ4v) is 5.00. The Hall–Kier alpha value is -2.49. The van der Waals surface area contributed by atoms with Gasteiger partial charge in [-0.25, -0.2) is 4.98 Å². The molecule has 0 saturated carbocycles. The van der Waals surface area contributed by atoms with Crippen LogP contribution in [0.15, 0.2) is 52.2 Å². The van der Waals surface area contributed by atoms with Crippen molar-refractivity contribution in [1.29, 1.82) is 0 Å². The molecule has 0 aliphatic heterocycles. The van der Waals surface area contributed by atoms with Gasteiger partial charge in [0.1, 0.15) is 5.75 Å². The molecule has 0 spiro atoms. The van der Waals surface area contributed by atoms with Crippen LogP contribution in [-0.2, 0) is 5.75 Å². The van der Waals surface area contributed by atoms with Crippen molar-refractivity contribution in [3.05, 3.63) is 59.1 Å². The lowest BCUT2D eigenvalue weighted by atomic mass is 10.2. The number of hydrogen-bond donors (Lipinski definition) is 1. The summed E-state index contributed by atoms with van der Waals surface area (Å²) >= 11 is 4.42. The lowest BCUT2D eigenvalue weighted by Gasteiger charge is -2.06. The number of aromatic nitrogens is 3. The summed E-state index contributed by atoms with van der Waals surface area (Å²) in [6.45, 7) is 0. The third kappa shape index (κ3) is 4.10. The minimum absolute atomic E-state index is 0.265. The summed E-state index contributed by atoms with van der Waals surface area (Å²) in [6, 6.07) is 13.7. The lowest BCUT2D eigenvalue weighted by Crippen LogP contribution is -2.12. The monoisotopic (exact) mass is 414 g/mol. The van der Waals surface area contributed by atoms with Gasteiger partial charge in [-0.15, -0.1) is 16.4 Å². The Morgan fingerprint density at radius 1 is 1.26 bits per heavy atom. The van der Waals surface area contributed by atoms with Gasteiger partial charge in [0.05, 0.1) is 17.3 Å². The van der Waals surface area contributed by atoms with Gasteiger partial charge in [0.25, 0.3) is 5.91 Å². The number of amides is 1. The van der Waals surface area contributed by atoms with Crippen molar-refractivity contribution in [3.63, 3.8) is 0 Å². The van der Waals surface area contributed by atoms with Crippen molar-refractivity contribution < 1.29 is 9.53 Å². The number of hydrogen-bond acceptors (Lipinski definition) is 8. The van der Waals surface area contributed by atoms with Crippen molar-refractivity contribution in [1.82, 2.24) is 14.6 Å². The first-order valence-electron chi connectivity index (χ1n) is 7.96. The van der Waals surface area contributed by atoms with E-state index < -0.39 is 0 Å². The molecule has 0 aliphatic rings. The molecule has 2 aromatic heterocycles. The molecule has 1 amide bonds. The van der Waals surface area contributed by atoms with Crippen molar-refractivity contribution in [3.8, 4) is 5.75 Å². The highest BCUT2D eigenvalue weighted by atomic mass is 32.2. The molecule has 2 heterocycles. The van der Waals surface area contributed by atoms with Gasteiger partial charge in [-0.1, -0.05) is 34.4 Å². The van der Waals surface area contributed by atoms with Gasteiger partial charge in [0, 0.05) is 22.4 Å².